The second-order valence-electron chi connectivity index (χ2n) is 6.85. The van der Waals surface area contributed by atoms with Crippen molar-refractivity contribution in [2.45, 2.75) is 46.1 Å². The minimum absolute atomic E-state index is 0.814. The fourth-order valence-corrected chi connectivity index (χ4v) is 3.29. The van der Waals surface area contributed by atoms with Gasteiger partial charge in [-0.05, 0) is 50.3 Å². The van der Waals surface area contributed by atoms with Crippen LogP contribution in [0.3, 0.4) is 0 Å². The number of imidazole rings is 1. The molecule has 1 aliphatic rings. The van der Waals surface area contributed by atoms with E-state index in [1.54, 1.807) is 0 Å². The van der Waals surface area contributed by atoms with Crippen molar-refractivity contribution in [3.8, 4) is 5.75 Å². The number of aromatic nitrogens is 2. The Hall–Kier alpha value is -2.50. The van der Waals surface area contributed by atoms with E-state index in [0.29, 0.717) is 0 Å². The van der Waals surface area contributed by atoms with Gasteiger partial charge in [-0.25, -0.2) is 4.98 Å². The molecule has 0 unspecified atom stereocenters. The van der Waals surface area contributed by atoms with Crippen LogP contribution in [0.2, 0.25) is 0 Å². The highest BCUT2D eigenvalue weighted by Gasteiger charge is 2.11. The maximum Gasteiger partial charge on any atom is 0.191 e. The average molecular weight is 370 g/mol. The lowest BCUT2D eigenvalue weighted by Crippen LogP contribution is -2.38. The van der Waals surface area contributed by atoms with Crippen LogP contribution < -0.4 is 15.4 Å². The fraction of sp³-hybridized carbons (Fsp3) is 0.524. The largest absolute Gasteiger partial charge is 0.493 e. The number of guanidine groups is 1. The van der Waals surface area contributed by atoms with Gasteiger partial charge in [0.05, 0.1) is 6.61 Å². The van der Waals surface area contributed by atoms with Crippen molar-refractivity contribution >= 4 is 5.96 Å². The van der Waals surface area contributed by atoms with Gasteiger partial charge in [0.15, 0.2) is 5.96 Å². The summed E-state index contributed by atoms with van der Waals surface area (Å²) in [7, 11) is 0. The molecule has 0 saturated carbocycles. The smallest absolute Gasteiger partial charge is 0.191 e. The predicted octanol–water partition coefficient (Wildman–Crippen LogP) is 2.70. The molecule has 1 aromatic heterocycles. The molecule has 2 N–H and O–H groups in total. The summed E-state index contributed by atoms with van der Waals surface area (Å²) in [6, 6.07) is 6.53. The Labute approximate surface area is 162 Å². The van der Waals surface area contributed by atoms with Crippen LogP contribution in [0.4, 0.5) is 0 Å². The highest BCUT2D eigenvalue weighted by molar-refractivity contribution is 5.79. The minimum atomic E-state index is 0.814. The molecule has 27 heavy (non-hydrogen) atoms. The molecule has 0 amide bonds. The number of benzene rings is 1. The standard InChI is InChI=1S/C21H31N5O/c1-3-22-21(24-10-4-5-13-26-14-12-23-17(26)2)25-11-8-18-6-7-20-19(16-18)9-15-27-20/h6-7,12,14,16H,3-5,8-11,13,15H2,1-2H3,(H2,22,24,25). The third kappa shape index (κ3) is 5.74. The Kier molecular flexibility index (Phi) is 7.13. The normalized spacial score (nSPS) is 13.3. The zero-order valence-electron chi connectivity index (χ0n) is 16.5. The summed E-state index contributed by atoms with van der Waals surface area (Å²) in [6.45, 7) is 8.54. The third-order valence-corrected chi connectivity index (χ3v) is 4.80. The number of fused-ring (bicyclic) bond motifs is 1. The molecule has 2 heterocycles. The molecule has 6 heteroatoms. The number of aryl methyl sites for hydroxylation is 2. The summed E-state index contributed by atoms with van der Waals surface area (Å²) >= 11 is 0. The van der Waals surface area contributed by atoms with E-state index in [-0.39, 0.29) is 0 Å². The lowest BCUT2D eigenvalue weighted by molar-refractivity contribution is 0.357. The van der Waals surface area contributed by atoms with Crippen molar-refractivity contribution in [1.82, 2.24) is 20.2 Å². The van der Waals surface area contributed by atoms with Gasteiger partial charge >= 0.3 is 0 Å². The van der Waals surface area contributed by atoms with Crippen molar-refractivity contribution in [2.75, 3.05) is 26.2 Å². The first-order chi connectivity index (χ1) is 13.3. The van der Waals surface area contributed by atoms with Crippen molar-refractivity contribution in [3.63, 3.8) is 0 Å². The molecule has 0 aliphatic carbocycles. The summed E-state index contributed by atoms with van der Waals surface area (Å²) in [5.41, 5.74) is 2.68. The number of aliphatic imine (C=N–C) groups is 1. The van der Waals surface area contributed by atoms with Crippen molar-refractivity contribution < 1.29 is 4.74 Å². The van der Waals surface area contributed by atoms with Crippen LogP contribution in [-0.2, 0) is 19.4 Å². The van der Waals surface area contributed by atoms with E-state index in [1.807, 2.05) is 19.3 Å². The summed E-state index contributed by atoms with van der Waals surface area (Å²) in [6.07, 6.45) is 8.08. The first-order valence-corrected chi connectivity index (χ1v) is 10.0. The van der Waals surface area contributed by atoms with Crippen LogP contribution >= 0.6 is 0 Å². The number of nitrogens with zero attached hydrogens (tertiary/aromatic N) is 3. The Morgan fingerprint density at radius 3 is 3.04 bits per heavy atom. The maximum atomic E-state index is 5.57. The summed E-state index contributed by atoms with van der Waals surface area (Å²) in [5.74, 6) is 3.03. The monoisotopic (exact) mass is 369 g/mol. The highest BCUT2D eigenvalue weighted by Crippen LogP contribution is 2.25. The van der Waals surface area contributed by atoms with E-state index >= 15 is 0 Å². The number of hydrogen-bond acceptors (Lipinski definition) is 3. The topological polar surface area (TPSA) is 63.5 Å². The number of ether oxygens (including phenoxy) is 1. The van der Waals surface area contributed by atoms with E-state index in [2.05, 4.69) is 45.3 Å². The molecule has 2 aromatic rings. The molecule has 3 rings (SSSR count). The minimum Gasteiger partial charge on any atom is -0.493 e. The van der Waals surface area contributed by atoms with Gasteiger partial charge in [-0.15, -0.1) is 0 Å². The lowest BCUT2D eigenvalue weighted by atomic mass is 10.1. The zero-order valence-corrected chi connectivity index (χ0v) is 16.5. The van der Waals surface area contributed by atoms with E-state index < -0.39 is 0 Å². The molecule has 0 bridgehead atoms. The molecular formula is C21H31N5O. The SMILES string of the molecule is CCNC(=NCCCCn1ccnc1C)NCCc1ccc2c(c1)CCO2. The Morgan fingerprint density at radius 1 is 1.30 bits per heavy atom. The van der Waals surface area contributed by atoms with Gasteiger partial charge < -0.3 is 19.9 Å². The third-order valence-electron chi connectivity index (χ3n) is 4.80. The molecular weight excluding hydrogens is 338 g/mol. The zero-order chi connectivity index (χ0) is 18.9. The number of nitrogens with one attached hydrogen (secondary N) is 2. The van der Waals surface area contributed by atoms with Gasteiger partial charge in [-0.2, -0.15) is 0 Å². The van der Waals surface area contributed by atoms with Crippen molar-refractivity contribution in [2.24, 2.45) is 4.99 Å². The number of unbranched alkanes of at least 4 members (excludes halogenated alkanes) is 1. The summed E-state index contributed by atoms with van der Waals surface area (Å²) in [4.78, 5) is 8.95. The lowest BCUT2D eigenvalue weighted by Gasteiger charge is -2.12. The molecule has 0 spiro atoms. The van der Waals surface area contributed by atoms with Crippen LogP contribution in [0.15, 0.2) is 35.6 Å². The van der Waals surface area contributed by atoms with Gasteiger partial charge in [-0.1, -0.05) is 12.1 Å². The Bertz CT molecular complexity index is 753. The predicted molar refractivity (Wildman–Crippen MR) is 110 cm³/mol. The first-order valence-electron chi connectivity index (χ1n) is 10.0. The second-order valence-corrected chi connectivity index (χ2v) is 6.85. The van der Waals surface area contributed by atoms with Crippen molar-refractivity contribution in [1.29, 1.82) is 0 Å². The van der Waals surface area contributed by atoms with Gasteiger partial charge in [0.1, 0.15) is 11.6 Å². The quantitative estimate of drug-likeness (QED) is 0.405. The molecule has 6 nitrogen and oxygen atoms in total. The molecule has 0 atom stereocenters. The maximum absolute atomic E-state index is 5.57. The number of rotatable bonds is 9. The average Bonchev–Trinajstić information content (AvgIpc) is 3.30. The Morgan fingerprint density at radius 2 is 2.22 bits per heavy atom. The van der Waals surface area contributed by atoms with Gasteiger partial charge in [0.2, 0.25) is 0 Å². The molecule has 0 radical (unpaired) electrons. The summed E-state index contributed by atoms with van der Waals surface area (Å²) < 4.78 is 7.76. The van der Waals surface area contributed by atoms with E-state index in [9.17, 15) is 0 Å². The number of hydrogen-bond donors (Lipinski definition) is 2. The van der Waals surface area contributed by atoms with Gasteiger partial charge in [0.25, 0.3) is 0 Å². The molecule has 0 fully saturated rings. The molecule has 0 saturated heterocycles. The molecule has 1 aliphatic heterocycles. The van der Waals surface area contributed by atoms with E-state index in [4.69, 9.17) is 9.73 Å². The first kappa shape index (κ1) is 19.3. The molecule has 1 aromatic carbocycles. The van der Waals surface area contributed by atoms with Crippen LogP contribution in [0.1, 0.15) is 36.7 Å². The van der Waals surface area contributed by atoms with Crippen LogP contribution in [0.5, 0.6) is 5.75 Å². The molecule has 146 valence electrons. The highest BCUT2D eigenvalue weighted by atomic mass is 16.5. The van der Waals surface area contributed by atoms with Crippen molar-refractivity contribution in [3.05, 3.63) is 47.5 Å². The van der Waals surface area contributed by atoms with Crippen LogP contribution in [0, 0.1) is 6.92 Å². The fourth-order valence-electron chi connectivity index (χ4n) is 3.29. The van der Waals surface area contributed by atoms with Gasteiger partial charge in [-0.3, -0.25) is 4.99 Å². The second kappa shape index (κ2) is 10.00. The Balaban J connectivity index is 1.38. The van der Waals surface area contributed by atoms with E-state index in [0.717, 1.165) is 76.0 Å². The summed E-state index contributed by atoms with van der Waals surface area (Å²) in [5, 5.41) is 6.77. The van der Waals surface area contributed by atoms with Gasteiger partial charge in [0, 0.05) is 45.0 Å². The van der Waals surface area contributed by atoms with E-state index in [1.165, 1.54) is 11.1 Å². The van der Waals surface area contributed by atoms with Crippen LogP contribution in [0.25, 0.3) is 0 Å². The van der Waals surface area contributed by atoms with Crippen LogP contribution in [-0.4, -0.2) is 41.8 Å².